The number of benzene rings is 1. The summed E-state index contributed by atoms with van der Waals surface area (Å²) in [6, 6.07) is 11.9. The number of aromatic amines is 2. The molecule has 0 bridgehead atoms. The third kappa shape index (κ3) is 1.59. The summed E-state index contributed by atoms with van der Waals surface area (Å²) in [6.07, 6.45) is 0.755. The van der Waals surface area contributed by atoms with Gasteiger partial charge in [-0.1, -0.05) is 18.2 Å². The van der Waals surface area contributed by atoms with Gasteiger partial charge in [0, 0.05) is 17.0 Å². The molecule has 0 amide bonds. The highest BCUT2D eigenvalue weighted by molar-refractivity contribution is 5.87. The molecule has 0 unspecified atom stereocenters. The van der Waals surface area contributed by atoms with E-state index in [1.807, 2.05) is 36.4 Å². The van der Waals surface area contributed by atoms with Crippen LogP contribution in [0.4, 0.5) is 0 Å². The number of nitrogens with one attached hydrogen (secondary N) is 2. The highest BCUT2D eigenvalue weighted by atomic mass is 16.5. The molecule has 2 N–H and O–H groups in total. The lowest BCUT2D eigenvalue weighted by Gasteiger charge is -1.92. The Balaban J connectivity index is 2.13. The van der Waals surface area contributed by atoms with Crippen LogP contribution < -0.4 is 4.74 Å². The van der Waals surface area contributed by atoms with Crippen molar-refractivity contribution in [3.63, 3.8) is 0 Å². The van der Waals surface area contributed by atoms with Gasteiger partial charge in [-0.25, -0.2) is 0 Å². The van der Waals surface area contributed by atoms with Crippen molar-refractivity contribution in [2.24, 2.45) is 0 Å². The zero-order valence-corrected chi connectivity index (χ0v) is 9.86. The molecule has 90 valence electrons. The van der Waals surface area contributed by atoms with Crippen molar-refractivity contribution in [1.82, 2.24) is 9.97 Å². The maximum atomic E-state index is 10.9. The third-order valence-corrected chi connectivity index (χ3v) is 2.97. The molecule has 3 aromatic rings. The summed E-state index contributed by atoms with van der Waals surface area (Å²) >= 11 is 0. The quantitative estimate of drug-likeness (QED) is 0.691. The fourth-order valence-corrected chi connectivity index (χ4v) is 2.07. The minimum absolute atomic E-state index is 0.450. The van der Waals surface area contributed by atoms with Gasteiger partial charge in [0.25, 0.3) is 0 Å². The molecule has 0 saturated heterocycles. The SMILES string of the molecule is COc1cc(-c2cc3ccccc3[nH]2)[nH]c1C=O. The maximum Gasteiger partial charge on any atom is 0.170 e. The van der Waals surface area contributed by atoms with Crippen molar-refractivity contribution in [1.29, 1.82) is 0 Å². The molecule has 0 saturated carbocycles. The molecule has 4 heteroatoms. The number of carbonyl (C=O) groups is 1. The molecular weight excluding hydrogens is 228 g/mol. The van der Waals surface area contributed by atoms with Crippen molar-refractivity contribution < 1.29 is 9.53 Å². The average Bonchev–Trinajstić information content (AvgIpc) is 3.01. The molecule has 1 aromatic carbocycles. The van der Waals surface area contributed by atoms with E-state index in [1.165, 1.54) is 0 Å². The molecule has 0 fully saturated rings. The Hall–Kier alpha value is -2.49. The van der Waals surface area contributed by atoms with Crippen molar-refractivity contribution >= 4 is 17.2 Å². The predicted molar refractivity (Wildman–Crippen MR) is 70.0 cm³/mol. The maximum absolute atomic E-state index is 10.9. The Kier molecular flexibility index (Phi) is 2.41. The topological polar surface area (TPSA) is 57.9 Å². The minimum Gasteiger partial charge on any atom is -0.494 e. The molecule has 4 nitrogen and oxygen atoms in total. The number of para-hydroxylation sites is 1. The Labute approximate surface area is 104 Å². The summed E-state index contributed by atoms with van der Waals surface area (Å²) in [7, 11) is 1.55. The smallest absolute Gasteiger partial charge is 0.170 e. The molecule has 3 rings (SSSR count). The molecule has 2 aromatic heterocycles. The van der Waals surface area contributed by atoms with Gasteiger partial charge in [0.05, 0.1) is 18.5 Å². The first-order valence-corrected chi connectivity index (χ1v) is 5.62. The van der Waals surface area contributed by atoms with E-state index in [0.29, 0.717) is 11.4 Å². The number of H-pyrrole nitrogens is 2. The number of aromatic nitrogens is 2. The number of rotatable bonds is 3. The van der Waals surface area contributed by atoms with Crippen LogP contribution in [-0.4, -0.2) is 23.4 Å². The Morgan fingerprint density at radius 3 is 2.56 bits per heavy atom. The molecule has 0 aliphatic rings. The second kappa shape index (κ2) is 4.07. The van der Waals surface area contributed by atoms with Gasteiger partial charge < -0.3 is 14.7 Å². The Bertz CT molecular complexity index is 676. The van der Waals surface area contributed by atoms with Crippen molar-refractivity contribution in [3.8, 4) is 17.1 Å². The second-order valence-electron chi connectivity index (χ2n) is 4.05. The van der Waals surface area contributed by atoms with Gasteiger partial charge >= 0.3 is 0 Å². The van der Waals surface area contributed by atoms with Crippen LogP contribution in [0.15, 0.2) is 36.4 Å². The van der Waals surface area contributed by atoms with Crippen LogP contribution in [0.25, 0.3) is 22.3 Å². The molecule has 0 radical (unpaired) electrons. The highest BCUT2D eigenvalue weighted by Gasteiger charge is 2.10. The first kappa shape index (κ1) is 10.7. The summed E-state index contributed by atoms with van der Waals surface area (Å²) in [5, 5.41) is 1.13. The van der Waals surface area contributed by atoms with Gasteiger partial charge in [0.2, 0.25) is 0 Å². The number of methoxy groups -OCH3 is 1. The van der Waals surface area contributed by atoms with E-state index < -0.39 is 0 Å². The van der Waals surface area contributed by atoms with E-state index in [4.69, 9.17) is 4.74 Å². The molecule has 18 heavy (non-hydrogen) atoms. The van der Waals surface area contributed by atoms with Gasteiger partial charge in [-0.05, 0) is 12.1 Å². The Morgan fingerprint density at radius 2 is 1.89 bits per heavy atom. The van der Waals surface area contributed by atoms with E-state index in [-0.39, 0.29) is 0 Å². The summed E-state index contributed by atoms with van der Waals surface area (Å²) in [4.78, 5) is 17.2. The average molecular weight is 240 g/mol. The van der Waals surface area contributed by atoms with Crippen LogP contribution in [-0.2, 0) is 0 Å². The highest BCUT2D eigenvalue weighted by Crippen LogP contribution is 2.28. The van der Waals surface area contributed by atoms with Gasteiger partial charge in [-0.2, -0.15) is 0 Å². The lowest BCUT2D eigenvalue weighted by molar-refractivity contribution is 0.111. The number of ether oxygens (including phenoxy) is 1. The van der Waals surface area contributed by atoms with E-state index in [2.05, 4.69) is 9.97 Å². The molecule has 0 atom stereocenters. The van der Waals surface area contributed by atoms with E-state index >= 15 is 0 Å². The van der Waals surface area contributed by atoms with Crippen LogP contribution in [0.2, 0.25) is 0 Å². The summed E-state index contributed by atoms with van der Waals surface area (Å²) < 4.78 is 5.14. The van der Waals surface area contributed by atoms with Crippen LogP contribution in [0.5, 0.6) is 5.75 Å². The molecule has 2 heterocycles. The number of hydrogen-bond donors (Lipinski definition) is 2. The summed E-state index contributed by atoms with van der Waals surface area (Å²) in [6.45, 7) is 0. The first-order valence-electron chi connectivity index (χ1n) is 5.62. The second-order valence-corrected chi connectivity index (χ2v) is 4.05. The lowest BCUT2D eigenvalue weighted by atomic mass is 10.2. The van der Waals surface area contributed by atoms with Gasteiger partial charge in [0.1, 0.15) is 11.4 Å². The zero-order valence-electron chi connectivity index (χ0n) is 9.86. The third-order valence-electron chi connectivity index (χ3n) is 2.97. The normalized spacial score (nSPS) is 10.7. The molecule has 0 aliphatic carbocycles. The number of carbonyl (C=O) groups excluding carboxylic acids is 1. The van der Waals surface area contributed by atoms with Crippen molar-refractivity contribution in [3.05, 3.63) is 42.1 Å². The summed E-state index contributed by atoms with van der Waals surface area (Å²) in [5.74, 6) is 0.554. The monoisotopic (exact) mass is 240 g/mol. The van der Waals surface area contributed by atoms with E-state index in [9.17, 15) is 4.79 Å². The lowest BCUT2D eigenvalue weighted by Crippen LogP contribution is -1.86. The van der Waals surface area contributed by atoms with E-state index in [0.717, 1.165) is 28.6 Å². The van der Waals surface area contributed by atoms with Crippen LogP contribution in [0.1, 0.15) is 10.5 Å². The standard InChI is InChI=1S/C14H12N2O2/c1-18-14-7-12(16-13(14)8-17)11-6-9-4-2-3-5-10(9)15-11/h2-8,15-16H,1H3. The number of hydrogen-bond acceptors (Lipinski definition) is 2. The molecule has 0 spiro atoms. The van der Waals surface area contributed by atoms with Crippen LogP contribution >= 0.6 is 0 Å². The number of fused-ring (bicyclic) bond motifs is 1. The van der Waals surface area contributed by atoms with Crippen molar-refractivity contribution in [2.75, 3.05) is 7.11 Å². The fourth-order valence-electron chi connectivity index (χ4n) is 2.07. The molecule has 0 aliphatic heterocycles. The first-order chi connectivity index (χ1) is 8.81. The largest absolute Gasteiger partial charge is 0.494 e. The number of aldehydes is 1. The van der Waals surface area contributed by atoms with Crippen molar-refractivity contribution in [2.45, 2.75) is 0 Å². The fraction of sp³-hybridized carbons (Fsp3) is 0.0714. The van der Waals surface area contributed by atoms with E-state index in [1.54, 1.807) is 7.11 Å². The summed E-state index contributed by atoms with van der Waals surface area (Å²) in [5.41, 5.74) is 3.28. The zero-order chi connectivity index (χ0) is 12.5. The Morgan fingerprint density at radius 1 is 1.11 bits per heavy atom. The van der Waals surface area contributed by atoms with Crippen LogP contribution in [0, 0.1) is 0 Å². The van der Waals surface area contributed by atoms with Gasteiger partial charge in [-0.15, -0.1) is 0 Å². The van der Waals surface area contributed by atoms with Gasteiger partial charge in [0.15, 0.2) is 6.29 Å². The predicted octanol–water partition coefficient (Wildman–Crippen LogP) is 2.98. The minimum atomic E-state index is 0.450. The van der Waals surface area contributed by atoms with Crippen LogP contribution in [0.3, 0.4) is 0 Å². The molecular formula is C14H12N2O2. The van der Waals surface area contributed by atoms with Gasteiger partial charge in [-0.3, -0.25) is 4.79 Å².